The maximum Gasteiger partial charge on any atom is 0.387 e. The van der Waals surface area contributed by atoms with Gasteiger partial charge in [0.25, 0.3) is 0 Å². The van der Waals surface area contributed by atoms with E-state index in [1.54, 1.807) is 12.1 Å². The normalized spacial score (nSPS) is 25.1. The molecule has 8 heteroatoms. The summed E-state index contributed by atoms with van der Waals surface area (Å²) in [5, 5.41) is 0.117. The van der Waals surface area contributed by atoms with E-state index in [0.29, 0.717) is 23.3 Å². The highest BCUT2D eigenvalue weighted by Crippen LogP contribution is 2.36. The summed E-state index contributed by atoms with van der Waals surface area (Å²) in [6, 6.07) is 4.64. The molecule has 1 N–H and O–H groups in total. The summed E-state index contributed by atoms with van der Waals surface area (Å²) in [5.41, 5.74) is 0.699. The number of para-hydroxylation sites is 1. The van der Waals surface area contributed by atoms with Gasteiger partial charge in [0, 0.05) is 0 Å². The minimum absolute atomic E-state index is 0.0525. The summed E-state index contributed by atoms with van der Waals surface area (Å²) in [5.74, 6) is 1.25. The molecule has 1 aliphatic rings. The lowest BCUT2D eigenvalue weighted by Crippen LogP contribution is -2.34. The van der Waals surface area contributed by atoms with Crippen LogP contribution in [0.3, 0.4) is 0 Å². The van der Waals surface area contributed by atoms with Crippen LogP contribution in [-0.2, 0) is 15.3 Å². The molecule has 1 heterocycles. The molecule has 26 heavy (non-hydrogen) atoms. The molecule has 0 bridgehead atoms. The van der Waals surface area contributed by atoms with Gasteiger partial charge in [0.2, 0.25) is 16.2 Å². The zero-order valence-electron chi connectivity index (χ0n) is 15.1. The Morgan fingerprint density at radius 2 is 2.08 bits per heavy atom. The molecule has 0 saturated heterocycles. The number of alkyl halides is 2. The van der Waals surface area contributed by atoms with Gasteiger partial charge in [0.15, 0.2) is 5.75 Å². The van der Waals surface area contributed by atoms with Gasteiger partial charge in [-0.2, -0.15) is 8.78 Å². The highest BCUT2D eigenvalue weighted by molar-refractivity contribution is 7.80. The summed E-state index contributed by atoms with van der Waals surface area (Å²) in [6.07, 6.45) is 2.94. The number of nitrogens with one attached hydrogen (secondary N) is 1. The third-order valence-electron chi connectivity index (χ3n) is 5.00. The third-order valence-corrected chi connectivity index (χ3v) is 5.93. The van der Waals surface area contributed by atoms with Crippen LogP contribution in [0.5, 0.6) is 5.75 Å². The van der Waals surface area contributed by atoms with Crippen molar-refractivity contribution in [1.29, 1.82) is 0 Å². The maximum absolute atomic E-state index is 12.7. The monoisotopic (exact) mass is 386 g/mol. The van der Waals surface area contributed by atoms with Crippen LogP contribution < -0.4 is 4.74 Å². The smallest absolute Gasteiger partial charge is 0.387 e. The molecule has 1 fully saturated rings. The van der Waals surface area contributed by atoms with Gasteiger partial charge in [-0.1, -0.05) is 33.3 Å². The predicted octanol–water partition coefficient (Wildman–Crippen LogP) is 4.66. The topological polar surface area (TPSA) is 64.2 Å². The Balaban J connectivity index is 1.81. The lowest BCUT2D eigenvalue weighted by molar-refractivity contribution is -0.0489. The van der Waals surface area contributed by atoms with Crippen LogP contribution in [0.15, 0.2) is 23.4 Å². The van der Waals surface area contributed by atoms with E-state index in [9.17, 15) is 13.0 Å². The predicted molar refractivity (Wildman–Crippen MR) is 95.4 cm³/mol. The first-order valence-corrected chi connectivity index (χ1v) is 9.95. The molecule has 0 aliphatic heterocycles. The second kappa shape index (κ2) is 8.00. The molecule has 5 nitrogen and oxygen atoms in total. The number of ether oxygens (including phenoxy) is 1. The molecule has 0 radical (unpaired) electrons. The molecule has 1 aliphatic carbocycles. The van der Waals surface area contributed by atoms with E-state index in [4.69, 9.17) is 4.18 Å². The van der Waals surface area contributed by atoms with Crippen LogP contribution in [0.2, 0.25) is 0 Å². The molecule has 3 rings (SSSR count). The number of rotatable bonds is 6. The lowest BCUT2D eigenvalue weighted by atomic mass is 9.75. The van der Waals surface area contributed by atoms with Crippen LogP contribution in [0.25, 0.3) is 11.0 Å². The Kier molecular flexibility index (Phi) is 5.92. The van der Waals surface area contributed by atoms with Crippen LogP contribution in [0.1, 0.15) is 40.0 Å². The first-order valence-electron chi connectivity index (χ1n) is 8.87. The van der Waals surface area contributed by atoms with Crippen LogP contribution in [0.4, 0.5) is 8.78 Å². The fraction of sp³-hybridized carbons (Fsp3) is 0.611. The number of imidazole rings is 1. The Hall–Kier alpha value is -1.54. The molecule has 2 aromatic rings. The van der Waals surface area contributed by atoms with E-state index in [-0.39, 0.29) is 22.5 Å². The summed E-state index contributed by atoms with van der Waals surface area (Å²) in [6.45, 7) is 3.52. The van der Waals surface area contributed by atoms with Crippen molar-refractivity contribution in [3.8, 4) is 5.75 Å². The lowest BCUT2D eigenvalue weighted by Gasteiger charge is -2.36. The summed E-state index contributed by atoms with van der Waals surface area (Å²) < 4.78 is 48.1. The van der Waals surface area contributed by atoms with E-state index >= 15 is 0 Å². The number of aromatic nitrogens is 2. The van der Waals surface area contributed by atoms with Crippen LogP contribution in [-0.4, -0.2) is 26.9 Å². The van der Waals surface area contributed by atoms with Gasteiger partial charge in [-0.15, -0.1) is 0 Å². The Labute approximate surface area is 154 Å². The van der Waals surface area contributed by atoms with Gasteiger partial charge in [0.05, 0.1) is 11.6 Å². The maximum atomic E-state index is 12.7. The van der Waals surface area contributed by atoms with Crippen molar-refractivity contribution in [2.75, 3.05) is 0 Å². The van der Waals surface area contributed by atoms with Gasteiger partial charge in [-0.3, -0.25) is 4.18 Å². The fourth-order valence-electron chi connectivity index (χ4n) is 3.64. The highest BCUT2D eigenvalue weighted by atomic mass is 32.2. The van der Waals surface area contributed by atoms with Crippen LogP contribution >= 0.6 is 0 Å². The number of fused-ring (bicyclic) bond motifs is 1. The first-order chi connectivity index (χ1) is 12.3. The van der Waals surface area contributed by atoms with Gasteiger partial charge >= 0.3 is 6.61 Å². The van der Waals surface area contributed by atoms with E-state index in [1.165, 1.54) is 6.07 Å². The van der Waals surface area contributed by atoms with Crippen molar-refractivity contribution < 1.29 is 21.9 Å². The Morgan fingerprint density at radius 3 is 2.77 bits per heavy atom. The number of nitrogens with zero attached hydrogens (tertiary/aromatic N) is 1. The van der Waals surface area contributed by atoms with Crippen LogP contribution in [0, 0.1) is 17.8 Å². The van der Waals surface area contributed by atoms with E-state index < -0.39 is 17.7 Å². The van der Waals surface area contributed by atoms with E-state index in [0.717, 1.165) is 19.3 Å². The summed E-state index contributed by atoms with van der Waals surface area (Å²) in [7, 11) is 0. The highest BCUT2D eigenvalue weighted by Gasteiger charge is 2.33. The van der Waals surface area contributed by atoms with Crippen molar-refractivity contribution in [3.05, 3.63) is 18.2 Å². The summed E-state index contributed by atoms with van der Waals surface area (Å²) >= 11 is -1.80. The van der Waals surface area contributed by atoms with Gasteiger partial charge < -0.3 is 9.72 Å². The summed E-state index contributed by atoms with van der Waals surface area (Å²) in [4.78, 5) is 7.07. The number of hydrogen-bond donors (Lipinski definition) is 1. The number of aromatic amines is 1. The van der Waals surface area contributed by atoms with E-state index in [2.05, 4.69) is 35.5 Å². The second-order valence-electron chi connectivity index (χ2n) is 7.27. The number of benzene rings is 1. The SMILES string of the molecule is CC1CCC(C(C)C)C(OS(=O)c2nc3c(OC(F)F)cccc3[nH]2)C1. The average Bonchev–Trinajstić information content (AvgIpc) is 2.99. The molecular weight excluding hydrogens is 362 g/mol. The zero-order chi connectivity index (χ0) is 18.8. The van der Waals surface area contributed by atoms with Gasteiger partial charge in [-0.25, -0.2) is 9.19 Å². The molecule has 1 saturated carbocycles. The van der Waals surface area contributed by atoms with Crippen molar-refractivity contribution >= 4 is 22.1 Å². The van der Waals surface area contributed by atoms with E-state index in [1.807, 2.05) is 0 Å². The standard InChI is InChI=1S/C18H24F2N2O3S/c1-10(2)12-8-7-11(3)9-15(12)25-26(23)18-21-13-5-4-6-14(16(13)22-18)24-17(19)20/h4-6,10-12,15,17H,7-9H2,1-3H3,(H,21,22). The molecule has 4 atom stereocenters. The average molecular weight is 386 g/mol. The minimum Gasteiger partial charge on any atom is -0.432 e. The van der Waals surface area contributed by atoms with Crippen molar-refractivity contribution in [3.63, 3.8) is 0 Å². The zero-order valence-corrected chi connectivity index (χ0v) is 15.9. The molecular formula is C18H24F2N2O3S. The molecule has 0 amide bonds. The fourth-order valence-corrected chi connectivity index (χ4v) is 4.53. The molecule has 0 spiro atoms. The van der Waals surface area contributed by atoms with Crippen molar-refractivity contribution in [2.24, 2.45) is 17.8 Å². The Bertz CT molecular complexity index is 781. The van der Waals surface area contributed by atoms with Crippen molar-refractivity contribution in [2.45, 2.75) is 57.9 Å². The Morgan fingerprint density at radius 1 is 1.31 bits per heavy atom. The van der Waals surface area contributed by atoms with Gasteiger partial charge in [0.1, 0.15) is 5.52 Å². The quantitative estimate of drug-likeness (QED) is 0.784. The number of halogens is 2. The molecule has 1 aromatic carbocycles. The minimum atomic E-state index is -2.95. The largest absolute Gasteiger partial charge is 0.432 e. The number of hydrogen-bond acceptors (Lipinski definition) is 4. The molecule has 1 aromatic heterocycles. The first kappa shape index (κ1) is 19.2. The third kappa shape index (κ3) is 4.23. The number of H-pyrrole nitrogens is 1. The second-order valence-corrected chi connectivity index (χ2v) is 8.32. The van der Waals surface area contributed by atoms with Gasteiger partial charge in [-0.05, 0) is 42.7 Å². The van der Waals surface area contributed by atoms with Crippen molar-refractivity contribution in [1.82, 2.24) is 9.97 Å². The molecule has 4 unspecified atom stereocenters. The molecule has 144 valence electrons.